The molecule has 0 amide bonds. The number of benzene rings is 5. The molecule has 6 rings (SSSR count). The summed E-state index contributed by atoms with van der Waals surface area (Å²) in [5.41, 5.74) is 6.17. The molecule has 0 N–H and O–H groups in total. The van der Waals surface area contributed by atoms with Gasteiger partial charge in [0.15, 0.2) is 5.82 Å². The second kappa shape index (κ2) is 8.55. The van der Waals surface area contributed by atoms with Gasteiger partial charge in [0, 0.05) is 10.8 Å². The Hall–Kier alpha value is -5.19. The highest BCUT2D eigenvalue weighted by atomic mass is 19.1. The van der Waals surface area contributed by atoms with Crippen molar-refractivity contribution < 1.29 is 4.39 Å². The van der Waals surface area contributed by atoms with Crippen LogP contribution in [0.3, 0.4) is 0 Å². The van der Waals surface area contributed by atoms with Gasteiger partial charge >= 0.3 is 0 Å². The molecule has 0 aliphatic carbocycles. The monoisotopic (exact) mass is 463 g/mol. The first-order valence-electron chi connectivity index (χ1n) is 11.5. The van der Waals surface area contributed by atoms with E-state index in [1.54, 1.807) is 6.07 Å². The van der Waals surface area contributed by atoms with E-state index in [1.165, 1.54) is 6.07 Å². The molecule has 0 bridgehead atoms. The fraction of sp³-hybridized carbons (Fsp3) is 0. The van der Waals surface area contributed by atoms with E-state index in [0.29, 0.717) is 5.69 Å². The Morgan fingerprint density at radius 3 is 1.56 bits per heavy atom. The first kappa shape index (κ1) is 21.4. The zero-order valence-corrected chi connectivity index (χ0v) is 19.1. The van der Waals surface area contributed by atoms with E-state index in [4.69, 9.17) is 0 Å². The van der Waals surface area contributed by atoms with Crippen LogP contribution in [-0.4, -0.2) is 4.57 Å². The SMILES string of the molecule is N#Cc1ccc(-n2c3ccc(-c4ccccc4)cc3c3cc(-c4ccccc4)ccc32)c(C#N)c1F. The van der Waals surface area contributed by atoms with Gasteiger partial charge in [0.2, 0.25) is 0 Å². The van der Waals surface area contributed by atoms with E-state index in [2.05, 4.69) is 36.4 Å². The highest BCUT2D eigenvalue weighted by Gasteiger charge is 2.20. The third-order valence-electron chi connectivity index (χ3n) is 6.57. The van der Waals surface area contributed by atoms with Gasteiger partial charge in [0.05, 0.1) is 22.3 Å². The van der Waals surface area contributed by atoms with Gasteiger partial charge in [0.25, 0.3) is 0 Å². The van der Waals surface area contributed by atoms with Crippen LogP contribution in [0.1, 0.15) is 11.1 Å². The standard InChI is InChI=1S/C32H18FN3/c33-32-25(19-34)13-16-31(28(32)20-35)36-29-14-11-23(21-7-3-1-4-8-21)17-26(29)27-18-24(12-15-30(27)36)22-9-5-2-6-10-22/h1-18H. The molecule has 0 saturated carbocycles. The zero-order chi connectivity index (χ0) is 24.6. The van der Waals surface area contributed by atoms with Gasteiger partial charge < -0.3 is 4.57 Å². The van der Waals surface area contributed by atoms with Crippen molar-refractivity contribution in [3.8, 4) is 40.1 Å². The maximum absolute atomic E-state index is 15.0. The van der Waals surface area contributed by atoms with Gasteiger partial charge in [-0.1, -0.05) is 72.8 Å². The van der Waals surface area contributed by atoms with Gasteiger partial charge in [-0.2, -0.15) is 10.5 Å². The Bertz CT molecular complexity index is 1760. The summed E-state index contributed by atoms with van der Waals surface area (Å²) in [6.07, 6.45) is 0. The number of hydrogen-bond donors (Lipinski definition) is 0. The van der Waals surface area contributed by atoms with Gasteiger partial charge in [-0.15, -0.1) is 0 Å². The van der Waals surface area contributed by atoms with Crippen molar-refractivity contribution in [2.45, 2.75) is 0 Å². The number of fused-ring (bicyclic) bond motifs is 3. The Kier molecular flexibility index (Phi) is 5.07. The van der Waals surface area contributed by atoms with E-state index in [0.717, 1.165) is 44.1 Å². The van der Waals surface area contributed by atoms with Crippen LogP contribution in [0.15, 0.2) is 109 Å². The molecule has 0 radical (unpaired) electrons. The van der Waals surface area contributed by atoms with Crippen LogP contribution in [0.4, 0.5) is 4.39 Å². The summed E-state index contributed by atoms with van der Waals surface area (Å²) in [7, 11) is 0. The lowest BCUT2D eigenvalue weighted by atomic mass is 10.0. The Balaban J connectivity index is 1.71. The van der Waals surface area contributed by atoms with E-state index < -0.39 is 5.82 Å². The molecule has 3 nitrogen and oxygen atoms in total. The molecule has 0 atom stereocenters. The molecule has 1 aromatic heterocycles. The van der Waals surface area contributed by atoms with Gasteiger partial charge in [-0.3, -0.25) is 0 Å². The van der Waals surface area contributed by atoms with E-state index in [1.807, 2.05) is 77.4 Å². The van der Waals surface area contributed by atoms with Gasteiger partial charge in [-0.25, -0.2) is 4.39 Å². The van der Waals surface area contributed by atoms with E-state index >= 15 is 4.39 Å². The van der Waals surface area contributed by atoms with Gasteiger partial charge in [-0.05, 0) is 58.7 Å². The molecule has 0 fully saturated rings. The maximum Gasteiger partial charge on any atom is 0.160 e. The first-order valence-corrected chi connectivity index (χ1v) is 11.5. The fourth-order valence-corrected chi connectivity index (χ4v) is 4.85. The smallest absolute Gasteiger partial charge is 0.160 e. The molecule has 0 aliphatic rings. The lowest BCUT2D eigenvalue weighted by Gasteiger charge is -2.11. The highest BCUT2D eigenvalue weighted by Crippen LogP contribution is 2.38. The fourth-order valence-electron chi connectivity index (χ4n) is 4.85. The number of nitrogens with zero attached hydrogens (tertiary/aromatic N) is 3. The molecule has 4 heteroatoms. The average Bonchev–Trinajstić information content (AvgIpc) is 3.26. The van der Waals surface area contributed by atoms with Crippen LogP contribution in [0.2, 0.25) is 0 Å². The second-order valence-corrected chi connectivity index (χ2v) is 8.58. The Labute approximate surface area is 207 Å². The van der Waals surface area contributed by atoms with Crippen molar-refractivity contribution in [1.82, 2.24) is 4.57 Å². The predicted molar refractivity (Wildman–Crippen MR) is 141 cm³/mol. The molecule has 0 aliphatic heterocycles. The van der Waals surface area contributed by atoms with E-state index in [-0.39, 0.29) is 11.1 Å². The predicted octanol–water partition coefficient (Wildman–Crippen LogP) is 8.00. The molecule has 1 heterocycles. The summed E-state index contributed by atoms with van der Waals surface area (Å²) in [4.78, 5) is 0. The Morgan fingerprint density at radius 2 is 1.08 bits per heavy atom. The highest BCUT2D eigenvalue weighted by molar-refractivity contribution is 6.11. The molecule has 168 valence electrons. The third-order valence-corrected chi connectivity index (χ3v) is 6.57. The van der Waals surface area contributed by atoms with Crippen LogP contribution in [0.5, 0.6) is 0 Å². The molecular formula is C32H18FN3. The minimum atomic E-state index is -0.797. The number of rotatable bonds is 3. The quantitative estimate of drug-likeness (QED) is 0.267. The lowest BCUT2D eigenvalue weighted by molar-refractivity contribution is 0.619. The van der Waals surface area contributed by atoms with Crippen molar-refractivity contribution in [1.29, 1.82) is 10.5 Å². The summed E-state index contributed by atoms with van der Waals surface area (Å²) in [6.45, 7) is 0. The summed E-state index contributed by atoms with van der Waals surface area (Å²) >= 11 is 0. The van der Waals surface area contributed by atoms with Crippen molar-refractivity contribution in [3.63, 3.8) is 0 Å². The normalized spacial score (nSPS) is 10.9. The van der Waals surface area contributed by atoms with Crippen LogP contribution in [-0.2, 0) is 0 Å². The molecule has 0 unspecified atom stereocenters. The largest absolute Gasteiger partial charge is 0.308 e. The van der Waals surface area contributed by atoms with Crippen LogP contribution in [0.25, 0.3) is 49.7 Å². The topological polar surface area (TPSA) is 52.5 Å². The number of halogens is 1. The average molecular weight is 464 g/mol. The summed E-state index contributed by atoms with van der Waals surface area (Å²) < 4.78 is 17.0. The molecule has 5 aromatic carbocycles. The summed E-state index contributed by atoms with van der Waals surface area (Å²) in [6, 6.07) is 39.6. The van der Waals surface area contributed by atoms with Crippen LogP contribution >= 0.6 is 0 Å². The van der Waals surface area contributed by atoms with Crippen molar-refractivity contribution in [3.05, 3.63) is 126 Å². The number of aromatic nitrogens is 1. The number of hydrogen-bond acceptors (Lipinski definition) is 2. The summed E-state index contributed by atoms with van der Waals surface area (Å²) in [5.74, 6) is -0.797. The lowest BCUT2D eigenvalue weighted by Crippen LogP contribution is -2.01. The van der Waals surface area contributed by atoms with Crippen LogP contribution < -0.4 is 0 Å². The Morgan fingerprint density at radius 1 is 0.556 bits per heavy atom. The number of nitriles is 2. The maximum atomic E-state index is 15.0. The molecular weight excluding hydrogens is 445 g/mol. The van der Waals surface area contributed by atoms with Crippen molar-refractivity contribution in [2.24, 2.45) is 0 Å². The van der Waals surface area contributed by atoms with E-state index in [9.17, 15) is 10.5 Å². The second-order valence-electron chi connectivity index (χ2n) is 8.58. The van der Waals surface area contributed by atoms with Crippen molar-refractivity contribution in [2.75, 3.05) is 0 Å². The zero-order valence-electron chi connectivity index (χ0n) is 19.1. The minimum Gasteiger partial charge on any atom is -0.308 e. The molecule has 36 heavy (non-hydrogen) atoms. The minimum absolute atomic E-state index is 0.145. The van der Waals surface area contributed by atoms with Gasteiger partial charge in [0.1, 0.15) is 17.7 Å². The van der Waals surface area contributed by atoms with Crippen LogP contribution in [0, 0.1) is 28.5 Å². The molecule has 6 aromatic rings. The van der Waals surface area contributed by atoms with Crippen molar-refractivity contribution >= 4 is 21.8 Å². The molecule has 0 saturated heterocycles. The molecule has 0 spiro atoms. The summed E-state index contributed by atoms with van der Waals surface area (Å²) in [5, 5.41) is 21.1. The first-order chi connectivity index (χ1) is 17.7. The third kappa shape index (κ3) is 3.33.